The number of carbonyl (C=O) groups excluding carboxylic acids is 2. The third kappa shape index (κ3) is 3.54. The lowest BCUT2D eigenvalue weighted by atomic mass is 9.69. The summed E-state index contributed by atoms with van der Waals surface area (Å²) in [4.78, 5) is 22.8. The third-order valence-corrected chi connectivity index (χ3v) is 5.77. The summed E-state index contributed by atoms with van der Waals surface area (Å²) in [7, 11) is 1.41. The third-order valence-electron chi connectivity index (χ3n) is 5.77. The topological polar surface area (TPSA) is 52.6 Å². The van der Waals surface area contributed by atoms with Crippen LogP contribution in [0.5, 0.6) is 0 Å². The van der Waals surface area contributed by atoms with Gasteiger partial charge < -0.3 is 14.3 Å². The van der Waals surface area contributed by atoms with Crippen LogP contribution >= 0.6 is 0 Å². The fraction of sp³-hybridized carbons (Fsp3) is 0.524. The predicted octanol–water partition coefficient (Wildman–Crippen LogP) is 3.45. The maximum atomic E-state index is 11.7. The van der Waals surface area contributed by atoms with E-state index in [0.29, 0.717) is 13.0 Å². The van der Waals surface area contributed by atoms with Crippen LogP contribution in [0.25, 0.3) is 0 Å². The van der Waals surface area contributed by atoms with Gasteiger partial charge in [-0.3, -0.25) is 4.79 Å². The van der Waals surface area contributed by atoms with Crippen LogP contribution in [0, 0.1) is 11.8 Å². The first-order valence-electron chi connectivity index (χ1n) is 9.05. The SMILES string of the molecule is COC(=O)CCC/C=C\C[C@H]1[C@H](C=O)[C@@H]2C[C@@]1(c1ccccc1)CO2. The Kier molecular flexibility index (Phi) is 5.69. The van der Waals surface area contributed by atoms with Crippen LogP contribution in [0.3, 0.4) is 0 Å². The van der Waals surface area contributed by atoms with E-state index in [9.17, 15) is 9.59 Å². The molecule has 0 aromatic heterocycles. The van der Waals surface area contributed by atoms with Crippen LogP contribution < -0.4 is 0 Å². The fourth-order valence-corrected chi connectivity index (χ4v) is 4.44. The van der Waals surface area contributed by atoms with Crippen molar-refractivity contribution in [2.75, 3.05) is 13.7 Å². The molecule has 1 aliphatic carbocycles. The van der Waals surface area contributed by atoms with Crippen molar-refractivity contribution in [3.8, 4) is 0 Å². The van der Waals surface area contributed by atoms with E-state index < -0.39 is 0 Å². The number of hydrogen-bond acceptors (Lipinski definition) is 4. The second-order valence-corrected chi connectivity index (χ2v) is 7.07. The van der Waals surface area contributed by atoms with Crippen molar-refractivity contribution < 1.29 is 19.1 Å². The Morgan fingerprint density at radius 3 is 2.84 bits per heavy atom. The number of carbonyl (C=O) groups is 2. The van der Waals surface area contributed by atoms with Crippen LogP contribution in [-0.2, 0) is 24.5 Å². The van der Waals surface area contributed by atoms with Gasteiger partial charge in [0.05, 0.1) is 19.8 Å². The maximum absolute atomic E-state index is 11.7. The minimum atomic E-state index is -0.164. The van der Waals surface area contributed by atoms with Gasteiger partial charge in [0.2, 0.25) is 0 Å². The van der Waals surface area contributed by atoms with Gasteiger partial charge in [-0.2, -0.15) is 0 Å². The van der Waals surface area contributed by atoms with Crippen LogP contribution in [0.4, 0.5) is 0 Å². The number of aldehydes is 1. The Bertz CT molecular complexity index is 624. The van der Waals surface area contributed by atoms with Gasteiger partial charge in [-0.15, -0.1) is 0 Å². The first-order valence-corrected chi connectivity index (χ1v) is 9.05. The van der Waals surface area contributed by atoms with Gasteiger partial charge in [0.15, 0.2) is 0 Å². The number of unbranched alkanes of at least 4 members (excludes halogenated alkanes) is 1. The molecule has 0 N–H and O–H groups in total. The van der Waals surface area contributed by atoms with Crippen molar-refractivity contribution in [3.05, 3.63) is 48.0 Å². The smallest absolute Gasteiger partial charge is 0.305 e. The summed E-state index contributed by atoms with van der Waals surface area (Å²) >= 11 is 0. The summed E-state index contributed by atoms with van der Waals surface area (Å²) in [6, 6.07) is 10.5. The molecule has 4 heteroatoms. The van der Waals surface area contributed by atoms with Crippen LogP contribution in [-0.4, -0.2) is 32.1 Å². The van der Waals surface area contributed by atoms with Crippen LogP contribution in [0.1, 0.15) is 37.7 Å². The summed E-state index contributed by atoms with van der Waals surface area (Å²) in [5.41, 5.74) is 1.24. The lowest BCUT2D eigenvalue weighted by Crippen LogP contribution is -2.40. The van der Waals surface area contributed by atoms with Gasteiger partial charge in [-0.05, 0) is 37.2 Å². The summed E-state index contributed by atoms with van der Waals surface area (Å²) in [6.45, 7) is 0.701. The molecule has 0 radical (unpaired) electrons. The highest BCUT2D eigenvalue weighted by Crippen LogP contribution is 2.55. The van der Waals surface area contributed by atoms with Crippen molar-refractivity contribution in [2.24, 2.45) is 11.8 Å². The molecule has 2 aliphatic rings. The molecular weight excluding hydrogens is 316 g/mol. The first kappa shape index (κ1) is 17.9. The molecule has 25 heavy (non-hydrogen) atoms. The standard InChI is InChI=1S/C21H26O4/c1-24-20(23)12-8-3-2-7-11-18-17(14-22)19-13-21(18,15-25-19)16-9-5-4-6-10-16/h2,4-7,9-10,14,17-19H,3,8,11-13,15H2,1H3/b7-2-/t17-,18-,19-,21-/m0/s1. The van der Waals surface area contributed by atoms with Crippen molar-refractivity contribution in [2.45, 2.75) is 43.6 Å². The average Bonchev–Trinajstić information content (AvgIpc) is 3.22. The Hall–Kier alpha value is -1.94. The Morgan fingerprint density at radius 1 is 1.32 bits per heavy atom. The molecule has 0 spiro atoms. The molecule has 134 valence electrons. The second kappa shape index (κ2) is 7.96. The zero-order valence-electron chi connectivity index (χ0n) is 14.7. The summed E-state index contributed by atoms with van der Waals surface area (Å²) in [5, 5.41) is 0. The Labute approximate surface area is 149 Å². The van der Waals surface area contributed by atoms with E-state index in [1.165, 1.54) is 12.7 Å². The minimum Gasteiger partial charge on any atom is -0.469 e. The lowest BCUT2D eigenvalue weighted by molar-refractivity contribution is -0.140. The zero-order valence-corrected chi connectivity index (χ0v) is 14.7. The van der Waals surface area contributed by atoms with Crippen molar-refractivity contribution >= 4 is 12.3 Å². The van der Waals surface area contributed by atoms with E-state index in [4.69, 9.17) is 4.74 Å². The molecule has 1 aromatic rings. The molecule has 0 amide bonds. The molecule has 1 saturated carbocycles. The highest BCUT2D eigenvalue weighted by atomic mass is 16.5. The van der Waals surface area contributed by atoms with E-state index in [2.05, 4.69) is 41.2 Å². The summed E-state index contributed by atoms with van der Waals surface area (Å²) in [6.07, 6.45) is 9.33. The number of ether oxygens (including phenoxy) is 2. The van der Waals surface area contributed by atoms with Gasteiger partial charge in [0, 0.05) is 17.8 Å². The lowest BCUT2D eigenvalue weighted by Gasteiger charge is -2.37. The molecule has 4 nitrogen and oxygen atoms in total. The first-order chi connectivity index (χ1) is 12.2. The van der Waals surface area contributed by atoms with Crippen molar-refractivity contribution in [3.63, 3.8) is 0 Å². The van der Waals surface area contributed by atoms with Gasteiger partial charge in [0.1, 0.15) is 6.29 Å². The van der Waals surface area contributed by atoms with Gasteiger partial charge in [0.25, 0.3) is 0 Å². The molecule has 0 unspecified atom stereocenters. The molecular formula is C21H26O4. The molecule has 4 atom stereocenters. The number of rotatable bonds is 8. The van der Waals surface area contributed by atoms with E-state index in [1.54, 1.807) is 0 Å². The maximum Gasteiger partial charge on any atom is 0.305 e. The van der Waals surface area contributed by atoms with Crippen LogP contribution in [0.15, 0.2) is 42.5 Å². The highest BCUT2D eigenvalue weighted by molar-refractivity contribution is 5.69. The number of hydrogen-bond donors (Lipinski definition) is 0. The predicted molar refractivity (Wildman–Crippen MR) is 95.1 cm³/mol. The Morgan fingerprint density at radius 2 is 2.12 bits per heavy atom. The fourth-order valence-electron chi connectivity index (χ4n) is 4.44. The molecule has 3 rings (SSSR count). The quantitative estimate of drug-likeness (QED) is 0.314. The van der Waals surface area contributed by atoms with E-state index in [-0.39, 0.29) is 29.3 Å². The van der Waals surface area contributed by atoms with E-state index in [1.807, 2.05) is 6.07 Å². The molecule has 1 saturated heterocycles. The normalized spacial score (nSPS) is 30.7. The van der Waals surface area contributed by atoms with Gasteiger partial charge in [-0.25, -0.2) is 0 Å². The van der Waals surface area contributed by atoms with Crippen molar-refractivity contribution in [1.29, 1.82) is 0 Å². The van der Waals surface area contributed by atoms with Gasteiger partial charge in [-0.1, -0.05) is 42.5 Å². The minimum absolute atomic E-state index is 0.0336. The molecule has 1 heterocycles. The monoisotopic (exact) mass is 342 g/mol. The molecule has 1 aromatic carbocycles. The number of fused-ring (bicyclic) bond motifs is 2. The summed E-state index contributed by atoms with van der Waals surface area (Å²) in [5.74, 6) is 0.0828. The van der Waals surface area contributed by atoms with Crippen molar-refractivity contribution in [1.82, 2.24) is 0 Å². The molecule has 2 fully saturated rings. The summed E-state index contributed by atoms with van der Waals surface area (Å²) < 4.78 is 10.6. The molecule has 1 aliphatic heterocycles. The Balaban J connectivity index is 1.65. The number of allylic oxidation sites excluding steroid dienone is 2. The largest absolute Gasteiger partial charge is 0.469 e. The number of esters is 1. The van der Waals surface area contributed by atoms with Gasteiger partial charge >= 0.3 is 5.97 Å². The zero-order chi connectivity index (χ0) is 17.7. The number of benzene rings is 1. The van der Waals surface area contributed by atoms with E-state index >= 15 is 0 Å². The van der Waals surface area contributed by atoms with Crippen LogP contribution in [0.2, 0.25) is 0 Å². The second-order valence-electron chi connectivity index (χ2n) is 7.07. The number of methoxy groups -OCH3 is 1. The molecule has 2 bridgehead atoms. The average molecular weight is 342 g/mol. The van der Waals surface area contributed by atoms with E-state index in [0.717, 1.165) is 32.0 Å². The highest BCUT2D eigenvalue weighted by Gasteiger charge is 2.59.